The van der Waals surface area contributed by atoms with E-state index >= 15 is 0 Å². The molecular formula is C13H18FN3O2. The van der Waals surface area contributed by atoms with Crippen molar-refractivity contribution in [1.82, 2.24) is 0 Å². The Morgan fingerprint density at radius 2 is 2.26 bits per heavy atom. The van der Waals surface area contributed by atoms with E-state index < -0.39 is 10.7 Å². The molecule has 1 aromatic carbocycles. The van der Waals surface area contributed by atoms with E-state index in [1.165, 1.54) is 12.1 Å². The second-order valence-corrected chi connectivity index (χ2v) is 4.81. The first-order chi connectivity index (χ1) is 9.13. The number of nitro groups is 1. The van der Waals surface area contributed by atoms with Crippen LogP contribution in [0, 0.1) is 15.9 Å². The molecule has 2 rings (SSSR count). The minimum Gasteiger partial charge on any atom is -0.366 e. The van der Waals surface area contributed by atoms with Crippen LogP contribution in [0.2, 0.25) is 0 Å². The zero-order valence-corrected chi connectivity index (χ0v) is 10.7. The summed E-state index contributed by atoms with van der Waals surface area (Å²) in [5, 5.41) is 10.6. The van der Waals surface area contributed by atoms with Crippen molar-refractivity contribution < 1.29 is 9.31 Å². The maximum absolute atomic E-state index is 14.0. The Labute approximate surface area is 111 Å². The normalized spacial score (nSPS) is 19.5. The molecule has 1 aliphatic rings. The summed E-state index contributed by atoms with van der Waals surface area (Å²) in [7, 11) is 0. The van der Waals surface area contributed by atoms with Crippen molar-refractivity contribution in [2.45, 2.75) is 31.7 Å². The zero-order chi connectivity index (χ0) is 13.8. The summed E-state index contributed by atoms with van der Waals surface area (Å²) in [4.78, 5) is 12.0. The number of hydrogen-bond donors (Lipinski definition) is 1. The topological polar surface area (TPSA) is 72.4 Å². The van der Waals surface area contributed by atoms with Crippen LogP contribution in [0.25, 0.3) is 0 Å². The van der Waals surface area contributed by atoms with E-state index in [0.717, 1.165) is 38.3 Å². The second-order valence-electron chi connectivity index (χ2n) is 4.81. The Morgan fingerprint density at radius 3 is 2.89 bits per heavy atom. The molecule has 6 heteroatoms. The number of rotatable bonds is 4. The first-order valence-corrected chi connectivity index (χ1v) is 6.54. The van der Waals surface area contributed by atoms with Crippen molar-refractivity contribution in [3.05, 3.63) is 34.1 Å². The van der Waals surface area contributed by atoms with Crippen molar-refractivity contribution in [2.75, 3.05) is 18.0 Å². The van der Waals surface area contributed by atoms with Crippen LogP contribution >= 0.6 is 0 Å². The van der Waals surface area contributed by atoms with Crippen molar-refractivity contribution in [2.24, 2.45) is 5.73 Å². The number of nitrogens with zero attached hydrogens (tertiary/aromatic N) is 2. The molecule has 1 heterocycles. The van der Waals surface area contributed by atoms with Gasteiger partial charge in [-0.2, -0.15) is 0 Å². The third-order valence-electron chi connectivity index (χ3n) is 3.58. The molecular weight excluding hydrogens is 249 g/mol. The third-order valence-corrected chi connectivity index (χ3v) is 3.58. The van der Waals surface area contributed by atoms with E-state index in [2.05, 4.69) is 0 Å². The van der Waals surface area contributed by atoms with Gasteiger partial charge in [0.15, 0.2) is 5.82 Å². The van der Waals surface area contributed by atoms with Gasteiger partial charge in [-0.1, -0.05) is 0 Å². The molecule has 0 spiro atoms. The van der Waals surface area contributed by atoms with Gasteiger partial charge in [-0.05, 0) is 38.3 Å². The molecule has 0 amide bonds. The van der Waals surface area contributed by atoms with E-state index in [4.69, 9.17) is 5.73 Å². The summed E-state index contributed by atoms with van der Waals surface area (Å²) in [6.45, 7) is 1.34. The average Bonchev–Trinajstić information content (AvgIpc) is 2.40. The number of nitro benzene ring substituents is 1. The summed E-state index contributed by atoms with van der Waals surface area (Å²) >= 11 is 0. The van der Waals surface area contributed by atoms with Crippen LogP contribution in [0.5, 0.6) is 0 Å². The molecule has 1 saturated heterocycles. The molecule has 0 bridgehead atoms. The molecule has 1 aromatic rings. The lowest BCUT2D eigenvalue weighted by atomic mass is 9.98. The Kier molecular flexibility index (Phi) is 4.31. The number of nitrogens with two attached hydrogens (primary N) is 1. The van der Waals surface area contributed by atoms with Gasteiger partial charge in [0.1, 0.15) is 0 Å². The van der Waals surface area contributed by atoms with E-state index in [0.29, 0.717) is 12.2 Å². The van der Waals surface area contributed by atoms with Crippen LogP contribution in [0.1, 0.15) is 25.7 Å². The fourth-order valence-corrected chi connectivity index (χ4v) is 2.65. The van der Waals surface area contributed by atoms with Gasteiger partial charge in [-0.3, -0.25) is 10.1 Å². The molecule has 5 nitrogen and oxygen atoms in total. The first kappa shape index (κ1) is 13.7. The summed E-state index contributed by atoms with van der Waals surface area (Å²) < 4.78 is 14.0. The number of hydrogen-bond acceptors (Lipinski definition) is 4. The van der Waals surface area contributed by atoms with Crippen LogP contribution < -0.4 is 10.6 Å². The number of non-ortho nitro benzene ring substituents is 1. The molecule has 0 radical (unpaired) electrons. The predicted octanol–water partition coefficient (Wildman–Crippen LogP) is 2.44. The van der Waals surface area contributed by atoms with Crippen LogP contribution in [0.15, 0.2) is 18.2 Å². The number of halogens is 1. The Balaban J connectivity index is 2.26. The van der Waals surface area contributed by atoms with Crippen molar-refractivity contribution in [3.8, 4) is 0 Å². The van der Waals surface area contributed by atoms with Gasteiger partial charge in [-0.15, -0.1) is 0 Å². The fraction of sp³-hybridized carbons (Fsp3) is 0.538. The second kappa shape index (κ2) is 5.97. The van der Waals surface area contributed by atoms with E-state index in [-0.39, 0.29) is 11.7 Å². The number of piperidine rings is 1. The molecule has 1 atom stereocenters. The Hall–Kier alpha value is -1.69. The lowest BCUT2D eigenvalue weighted by Crippen LogP contribution is -2.41. The SMILES string of the molecule is NCCC1CCCCN1c1ccc([N+](=O)[O-])cc1F. The van der Waals surface area contributed by atoms with Gasteiger partial charge in [-0.25, -0.2) is 4.39 Å². The largest absolute Gasteiger partial charge is 0.366 e. The molecule has 1 aliphatic heterocycles. The molecule has 0 saturated carbocycles. The maximum atomic E-state index is 14.0. The van der Waals surface area contributed by atoms with E-state index in [1.54, 1.807) is 0 Å². The molecule has 0 aliphatic carbocycles. The van der Waals surface area contributed by atoms with E-state index in [1.807, 2.05) is 4.90 Å². The van der Waals surface area contributed by atoms with Crippen molar-refractivity contribution in [1.29, 1.82) is 0 Å². The highest BCUT2D eigenvalue weighted by molar-refractivity contribution is 5.53. The summed E-state index contributed by atoms with van der Waals surface area (Å²) in [6.07, 6.45) is 3.94. The lowest BCUT2D eigenvalue weighted by molar-refractivity contribution is -0.385. The maximum Gasteiger partial charge on any atom is 0.272 e. The Morgan fingerprint density at radius 1 is 1.47 bits per heavy atom. The van der Waals surface area contributed by atoms with Gasteiger partial charge < -0.3 is 10.6 Å². The van der Waals surface area contributed by atoms with Gasteiger partial charge in [0.05, 0.1) is 16.7 Å². The summed E-state index contributed by atoms with van der Waals surface area (Å²) in [6, 6.07) is 4.08. The molecule has 1 fully saturated rings. The van der Waals surface area contributed by atoms with Crippen LogP contribution in [-0.2, 0) is 0 Å². The number of anilines is 1. The van der Waals surface area contributed by atoms with Gasteiger partial charge >= 0.3 is 0 Å². The summed E-state index contributed by atoms with van der Waals surface area (Å²) in [5.74, 6) is -0.530. The van der Waals surface area contributed by atoms with Gasteiger partial charge in [0.2, 0.25) is 0 Å². The monoisotopic (exact) mass is 267 g/mol. The van der Waals surface area contributed by atoms with Crippen LogP contribution in [-0.4, -0.2) is 24.1 Å². The fourth-order valence-electron chi connectivity index (χ4n) is 2.65. The van der Waals surface area contributed by atoms with Gasteiger partial charge in [0.25, 0.3) is 5.69 Å². The minimum absolute atomic E-state index is 0.214. The van der Waals surface area contributed by atoms with Gasteiger partial charge in [0, 0.05) is 18.7 Å². The van der Waals surface area contributed by atoms with Crippen LogP contribution in [0.4, 0.5) is 15.8 Å². The standard InChI is InChI=1S/C13H18FN3O2/c14-12-9-11(17(18)19)4-5-13(12)16-8-2-1-3-10(16)6-7-15/h4-5,9-10H,1-3,6-8,15H2. The third kappa shape index (κ3) is 3.01. The average molecular weight is 267 g/mol. The quantitative estimate of drug-likeness (QED) is 0.671. The number of benzene rings is 1. The van der Waals surface area contributed by atoms with Crippen molar-refractivity contribution in [3.63, 3.8) is 0 Å². The lowest BCUT2D eigenvalue weighted by Gasteiger charge is -2.37. The molecule has 0 aromatic heterocycles. The summed E-state index contributed by atoms with van der Waals surface area (Å²) in [5.41, 5.74) is 5.83. The highest BCUT2D eigenvalue weighted by atomic mass is 19.1. The molecule has 2 N–H and O–H groups in total. The molecule has 1 unspecified atom stereocenters. The highest BCUT2D eigenvalue weighted by Gasteiger charge is 2.25. The highest BCUT2D eigenvalue weighted by Crippen LogP contribution is 2.30. The predicted molar refractivity (Wildman–Crippen MR) is 71.7 cm³/mol. The minimum atomic E-state index is -0.583. The molecule has 104 valence electrons. The smallest absolute Gasteiger partial charge is 0.272 e. The van der Waals surface area contributed by atoms with Crippen molar-refractivity contribution >= 4 is 11.4 Å². The van der Waals surface area contributed by atoms with Crippen LogP contribution in [0.3, 0.4) is 0 Å². The zero-order valence-electron chi connectivity index (χ0n) is 10.7. The van der Waals surface area contributed by atoms with E-state index in [9.17, 15) is 14.5 Å². The first-order valence-electron chi connectivity index (χ1n) is 6.54. The Bertz CT molecular complexity index is 465. The molecule has 19 heavy (non-hydrogen) atoms.